The third-order valence-electron chi connectivity index (χ3n) is 4.13. The molecule has 1 aromatic heterocycles. The van der Waals surface area contributed by atoms with E-state index >= 15 is 0 Å². The predicted molar refractivity (Wildman–Crippen MR) is 99.2 cm³/mol. The Labute approximate surface area is 147 Å². The van der Waals surface area contributed by atoms with E-state index in [-0.39, 0.29) is 5.97 Å². The van der Waals surface area contributed by atoms with Crippen molar-refractivity contribution in [3.05, 3.63) is 59.2 Å². The lowest BCUT2D eigenvalue weighted by Gasteiger charge is -2.12. The van der Waals surface area contributed by atoms with Gasteiger partial charge in [0.15, 0.2) is 0 Å². The number of methoxy groups -OCH3 is 1. The molecule has 0 aliphatic heterocycles. The average molecular weight is 335 g/mol. The molecule has 4 nitrogen and oxygen atoms in total. The molecule has 0 N–H and O–H groups in total. The zero-order valence-corrected chi connectivity index (χ0v) is 14.9. The number of esters is 1. The summed E-state index contributed by atoms with van der Waals surface area (Å²) in [6.45, 7) is 6.17. The number of pyridine rings is 1. The van der Waals surface area contributed by atoms with Gasteiger partial charge in [-0.1, -0.05) is 11.6 Å². The van der Waals surface area contributed by atoms with E-state index in [2.05, 4.69) is 6.07 Å². The van der Waals surface area contributed by atoms with Crippen LogP contribution in [-0.4, -0.2) is 24.7 Å². The lowest BCUT2D eigenvalue weighted by atomic mass is 10.00. The third kappa shape index (κ3) is 3.33. The van der Waals surface area contributed by atoms with Crippen molar-refractivity contribution in [2.75, 3.05) is 13.7 Å². The molecule has 2 aromatic carbocycles. The van der Waals surface area contributed by atoms with Gasteiger partial charge in [0.05, 0.1) is 30.5 Å². The van der Waals surface area contributed by atoms with Crippen LogP contribution >= 0.6 is 0 Å². The van der Waals surface area contributed by atoms with Crippen LogP contribution in [0, 0.1) is 13.8 Å². The van der Waals surface area contributed by atoms with Gasteiger partial charge in [-0.15, -0.1) is 0 Å². The second-order valence-electron chi connectivity index (χ2n) is 5.98. The van der Waals surface area contributed by atoms with Crippen LogP contribution in [0.2, 0.25) is 0 Å². The first-order valence-electron chi connectivity index (χ1n) is 8.27. The summed E-state index contributed by atoms with van der Waals surface area (Å²) in [6.07, 6.45) is 0. The molecule has 0 amide bonds. The van der Waals surface area contributed by atoms with E-state index in [1.165, 1.54) is 0 Å². The van der Waals surface area contributed by atoms with Gasteiger partial charge in [0.2, 0.25) is 0 Å². The van der Waals surface area contributed by atoms with Crippen molar-refractivity contribution >= 4 is 16.9 Å². The molecule has 0 saturated carbocycles. The van der Waals surface area contributed by atoms with E-state index < -0.39 is 0 Å². The molecule has 0 radical (unpaired) electrons. The number of nitrogens with zero attached hydrogens (tertiary/aromatic N) is 1. The fraction of sp³-hybridized carbons (Fsp3) is 0.238. The Morgan fingerprint density at radius 3 is 2.44 bits per heavy atom. The minimum absolute atomic E-state index is 0.324. The average Bonchev–Trinajstić information content (AvgIpc) is 2.61. The van der Waals surface area contributed by atoms with Crippen LogP contribution in [-0.2, 0) is 4.74 Å². The number of aromatic nitrogens is 1. The van der Waals surface area contributed by atoms with Gasteiger partial charge in [0.1, 0.15) is 5.75 Å². The van der Waals surface area contributed by atoms with E-state index in [4.69, 9.17) is 14.5 Å². The Balaban J connectivity index is 2.24. The molecular formula is C21H21NO3. The van der Waals surface area contributed by atoms with Crippen molar-refractivity contribution in [2.45, 2.75) is 20.8 Å². The quantitative estimate of drug-likeness (QED) is 0.648. The monoisotopic (exact) mass is 335 g/mol. The largest absolute Gasteiger partial charge is 0.497 e. The van der Waals surface area contributed by atoms with Crippen LogP contribution in [0.15, 0.2) is 42.5 Å². The summed E-state index contributed by atoms with van der Waals surface area (Å²) in [7, 11) is 1.63. The summed E-state index contributed by atoms with van der Waals surface area (Å²) in [6, 6.07) is 13.5. The van der Waals surface area contributed by atoms with Crippen molar-refractivity contribution in [2.24, 2.45) is 0 Å². The molecule has 4 heteroatoms. The molecule has 3 rings (SSSR count). The van der Waals surface area contributed by atoms with Crippen LogP contribution in [0.1, 0.15) is 28.4 Å². The number of ether oxygens (including phenoxy) is 2. The molecule has 1 heterocycles. The highest BCUT2D eigenvalue weighted by Gasteiger charge is 2.16. The topological polar surface area (TPSA) is 48.4 Å². The highest BCUT2D eigenvalue weighted by atomic mass is 16.5. The number of hydrogen-bond acceptors (Lipinski definition) is 4. The van der Waals surface area contributed by atoms with Crippen LogP contribution in [0.25, 0.3) is 22.2 Å². The van der Waals surface area contributed by atoms with Gasteiger partial charge in [-0.2, -0.15) is 0 Å². The summed E-state index contributed by atoms with van der Waals surface area (Å²) >= 11 is 0. The van der Waals surface area contributed by atoms with Crippen molar-refractivity contribution in [3.8, 4) is 17.0 Å². The Bertz CT molecular complexity index is 930. The Morgan fingerprint density at radius 2 is 1.80 bits per heavy atom. The summed E-state index contributed by atoms with van der Waals surface area (Å²) in [5.41, 5.74) is 5.16. The maximum atomic E-state index is 12.5. The Kier molecular flexibility index (Phi) is 4.70. The zero-order valence-electron chi connectivity index (χ0n) is 14.9. The summed E-state index contributed by atoms with van der Waals surface area (Å²) in [4.78, 5) is 17.3. The Morgan fingerprint density at radius 1 is 1.08 bits per heavy atom. The van der Waals surface area contributed by atoms with Gasteiger partial charge < -0.3 is 9.47 Å². The minimum Gasteiger partial charge on any atom is -0.497 e. The third-order valence-corrected chi connectivity index (χ3v) is 4.13. The second-order valence-corrected chi connectivity index (χ2v) is 5.98. The normalized spacial score (nSPS) is 10.7. The van der Waals surface area contributed by atoms with Gasteiger partial charge in [-0.3, -0.25) is 0 Å². The fourth-order valence-corrected chi connectivity index (χ4v) is 2.97. The van der Waals surface area contributed by atoms with E-state index in [1.54, 1.807) is 13.2 Å². The van der Waals surface area contributed by atoms with Crippen molar-refractivity contribution in [1.29, 1.82) is 0 Å². The molecule has 0 bridgehead atoms. The number of hydrogen-bond donors (Lipinski definition) is 0. The van der Waals surface area contributed by atoms with E-state index in [0.29, 0.717) is 12.2 Å². The molecule has 0 spiro atoms. The van der Waals surface area contributed by atoms with Gasteiger partial charge in [-0.05, 0) is 62.7 Å². The number of fused-ring (bicyclic) bond motifs is 1. The minimum atomic E-state index is -0.324. The van der Waals surface area contributed by atoms with E-state index in [1.807, 2.05) is 51.1 Å². The summed E-state index contributed by atoms with van der Waals surface area (Å²) < 4.78 is 10.5. The molecule has 0 aliphatic rings. The predicted octanol–water partition coefficient (Wildman–Crippen LogP) is 4.70. The molecular weight excluding hydrogens is 314 g/mol. The van der Waals surface area contributed by atoms with Crippen LogP contribution in [0.3, 0.4) is 0 Å². The summed E-state index contributed by atoms with van der Waals surface area (Å²) in [5, 5.41) is 0.827. The van der Waals surface area contributed by atoms with E-state index in [0.717, 1.165) is 39.0 Å². The van der Waals surface area contributed by atoms with Crippen molar-refractivity contribution < 1.29 is 14.3 Å². The van der Waals surface area contributed by atoms with Gasteiger partial charge in [0.25, 0.3) is 0 Å². The lowest BCUT2D eigenvalue weighted by Crippen LogP contribution is -2.07. The van der Waals surface area contributed by atoms with Gasteiger partial charge in [-0.25, -0.2) is 9.78 Å². The first-order chi connectivity index (χ1) is 12.0. The van der Waals surface area contributed by atoms with Crippen molar-refractivity contribution in [1.82, 2.24) is 4.98 Å². The zero-order chi connectivity index (χ0) is 18.0. The highest BCUT2D eigenvalue weighted by molar-refractivity contribution is 6.05. The molecule has 0 saturated heterocycles. The van der Waals surface area contributed by atoms with Crippen molar-refractivity contribution in [3.63, 3.8) is 0 Å². The first-order valence-corrected chi connectivity index (χ1v) is 8.27. The molecule has 0 unspecified atom stereocenters. The second kappa shape index (κ2) is 6.93. The molecule has 128 valence electrons. The lowest BCUT2D eigenvalue weighted by molar-refractivity contribution is 0.0528. The Hall–Kier alpha value is -2.88. The summed E-state index contributed by atoms with van der Waals surface area (Å²) in [5.74, 6) is 0.455. The molecule has 0 aliphatic carbocycles. The smallest absolute Gasteiger partial charge is 0.338 e. The van der Waals surface area contributed by atoms with Gasteiger partial charge in [0, 0.05) is 10.9 Å². The maximum Gasteiger partial charge on any atom is 0.338 e. The highest BCUT2D eigenvalue weighted by Crippen LogP contribution is 2.29. The number of aryl methyl sites for hydroxylation is 2. The number of benzene rings is 2. The van der Waals surface area contributed by atoms with E-state index in [9.17, 15) is 4.79 Å². The number of rotatable bonds is 4. The standard InChI is InChI=1S/C21H21NO3/c1-5-25-21(23)18-12-19(15-6-8-16(24-4)9-7-15)22-20-14(3)10-13(2)11-17(18)20/h6-12H,5H2,1-4H3. The number of carbonyl (C=O) groups excluding carboxylic acids is 1. The van der Waals surface area contributed by atoms with Crippen LogP contribution < -0.4 is 4.74 Å². The molecule has 0 fully saturated rings. The molecule has 3 aromatic rings. The molecule has 0 atom stereocenters. The fourth-order valence-electron chi connectivity index (χ4n) is 2.97. The number of carbonyl (C=O) groups is 1. The van der Waals surface area contributed by atoms with Gasteiger partial charge >= 0.3 is 5.97 Å². The molecule has 25 heavy (non-hydrogen) atoms. The maximum absolute atomic E-state index is 12.5. The van der Waals surface area contributed by atoms with Crippen LogP contribution in [0.4, 0.5) is 0 Å². The SMILES string of the molecule is CCOC(=O)c1cc(-c2ccc(OC)cc2)nc2c(C)cc(C)cc12. The first kappa shape index (κ1) is 17.0. The van der Waals surface area contributed by atoms with Crippen LogP contribution in [0.5, 0.6) is 5.75 Å².